The number of nitrogens with zero attached hydrogens (tertiary/aromatic N) is 2. The maximum absolute atomic E-state index is 10.3. The Labute approximate surface area is 85.7 Å². The molecular weight excluding hydrogens is 202 g/mol. The van der Waals surface area contributed by atoms with E-state index in [2.05, 4.69) is 5.16 Å². The summed E-state index contributed by atoms with van der Waals surface area (Å²) in [7, 11) is 0. The molecule has 0 saturated carbocycles. The maximum atomic E-state index is 10.3. The third-order valence-corrected chi connectivity index (χ3v) is 1.47. The average Bonchev–Trinajstić information content (AvgIpc) is 2.69. The molecule has 0 aromatic carbocycles. The van der Waals surface area contributed by atoms with E-state index in [1.165, 1.54) is 18.7 Å². The number of oxime groups is 1. The monoisotopic (exact) mass is 213 g/mol. The van der Waals surface area contributed by atoms with Gasteiger partial charge in [0.15, 0.2) is 0 Å². The highest BCUT2D eigenvalue weighted by Crippen LogP contribution is 1.95. The summed E-state index contributed by atoms with van der Waals surface area (Å²) < 4.78 is 4.78. The molecule has 0 radical (unpaired) electrons. The summed E-state index contributed by atoms with van der Waals surface area (Å²) in [6, 6.07) is 0.770. The molecule has 1 rings (SSSR count). The average molecular weight is 213 g/mol. The van der Waals surface area contributed by atoms with E-state index < -0.39 is 6.03 Å². The highest BCUT2D eigenvalue weighted by atomic mass is 16.6. The minimum Gasteiger partial charge on any atom is -0.472 e. The molecule has 0 aliphatic heterocycles. The molecule has 0 spiro atoms. The second-order valence-electron chi connectivity index (χ2n) is 2.59. The van der Waals surface area contributed by atoms with Gasteiger partial charge >= 0.3 is 6.03 Å². The molecule has 0 aliphatic rings. The van der Waals surface area contributed by atoms with Crippen molar-refractivity contribution in [1.29, 1.82) is 0 Å². The zero-order valence-corrected chi connectivity index (χ0v) is 7.87. The van der Waals surface area contributed by atoms with Gasteiger partial charge in [-0.25, -0.2) is 9.86 Å². The smallest absolute Gasteiger partial charge is 0.338 e. The number of furan rings is 1. The second kappa shape index (κ2) is 5.66. The van der Waals surface area contributed by atoms with E-state index >= 15 is 0 Å². The summed E-state index contributed by atoms with van der Waals surface area (Å²) >= 11 is 0. The van der Waals surface area contributed by atoms with Crippen molar-refractivity contribution in [1.82, 2.24) is 5.06 Å². The molecule has 0 unspecified atom stereocenters. The number of amides is 2. The van der Waals surface area contributed by atoms with Crippen molar-refractivity contribution < 1.29 is 19.3 Å². The highest BCUT2D eigenvalue weighted by molar-refractivity contribution is 5.78. The summed E-state index contributed by atoms with van der Waals surface area (Å²) in [5, 5.41) is 12.7. The Morgan fingerprint density at radius 2 is 2.60 bits per heavy atom. The molecule has 0 saturated heterocycles. The maximum Gasteiger partial charge on any atom is 0.338 e. The number of rotatable bonds is 5. The van der Waals surface area contributed by atoms with Crippen molar-refractivity contribution in [3.8, 4) is 0 Å². The van der Waals surface area contributed by atoms with Gasteiger partial charge in [0.2, 0.25) is 0 Å². The number of primary amides is 1. The van der Waals surface area contributed by atoms with Gasteiger partial charge < -0.3 is 15.0 Å². The SMILES string of the molecule is NC(=O)N(O)CCO/N=C/c1ccoc1. The van der Waals surface area contributed by atoms with Gasteiger partial charge in [0.25, 0.3) is 0 Å². The lowest BCUT2D eigenvalue weighted by molar-refractivity contribution is -0.0559. The number of nitrogens with two attached hydrogens (primary N) is 1. The minimum atomic E-state index is -0.933. The van der Waals surface area contributed by atoms with Crippen LogP contribution in [0.5, 0.6) is 0 Å². The molecule has 1 heterocycles. The summed E-state index contributed by atoms with van der Waals surface area (Å²) in [5.41, 5.74) is 5.51. The first kappa shape index (κ1) is 11.1. The Kier molecular flexibility index (Phi) is 4.17. The Morgan fingerprint density at radius 1 is 1.80 bits per heavy atom. The number of carbonyl (C=O) groups excluding carboxylic acids is 1. The molecule has 2 amide bonds. The van der Waals surface area contributed by atoms with Crippen LogP contribution in [0.4, 0.5) is 4.79 Å². The van der Waals surface area contributed by atoms with Gasteiger partial charge in [-0.3, -0.25) is 5.21 Å². The van der Waals surface area contributed by atoms with E-state index in [1.807, 2.05) is 0 Å². The van der Waals surface area contributed by atoms with Crippen molar-refractivity contribution >= 4 is 12.2 Å². The number of hydrogen-bond acceptors (Lipinski definition) is 5. The fourth-order valence-corrected chi connectivity index (χ4v) is 0.737. The third kappa shape index (κ3) is 4.14. The van der Waals surface area contributed by atoms with E-state index in [0.29, 0.717) is 5.06 Å². The molecule has 15 heavy (non-hydrogen) atoms. The first-order valence-corrected chi connectivity index (χ1v) is 4.13. The van der Waals surface area contributed by atoms with Crippen LogP contribution in [0.25, 0.3) is 0 Å². The first-order chi connectivity index (χ1) is 7.20. The zero-order chi connectivity index (χ0) is 11.1. The summed E-state index contributed by atoms with van der Waals surface area (Å²) in [5.74, 6) is 0. The fraction of sp³-hybridized carbons (Fsp3) is 0.250. The molecule has 0 aliphatic carbocycles. The van der Waals surface area contributed by atoms with Crippen molar-refractivity contribution in [2.75, 3.05) is 13.2 Å². The van der Waals surface area contributed by atoms with Gasteiger partial charge in [-0.05, 0) is 6.07 Å². The standard InChI is InChI=1S/C8H11N3O4/c9-8(12)11(13)2-4-15-10-5-7-1-3-14-6-7/h1,3,5-6,13H,2,4H2,(H2,9,12)/b10-5+. The molecule has 7 nitrogen and oxygen atoms in total. The van der Waals surface area contributed by atoms with E-state index in [-0.39, 0.29) is 13.2 Å². The molecule has 0 atom stereocenters. The number of carbonyl (C=O) groups is 1. The predicted molar refractivity (Wildman–Crippen MR) is 50.3 cm³/mol. The van der Waals surface area contributed by atoms with E-state index in [4.69, 9.17) is 20.2 Å². The molecular formula is C8H11N3O4. The molecule has 3 N–H and O–H groups in total. The highest BCUT2D eigenvalue weighted by Gasteiger charge is 2.03. The molecule has 0 fully saturated rings. The molecule has 0 bridgehead atoms. The lowest BCUT2D eigenvalue weighted by atomic mass is 10.4. The van der Waals surface area contributed by atoms with E-state index in [9.17, 15) is 4.79 Å². The van der Waals surface area contributed by atoms with Crippen LogP contribution >= 0.6 is 0 Å². The summed E-state index contributed by atoms with van der Waals surface area (Å²) in [6.45, 7) is 0.00581. The van der Waals surface area contributed by atoms with Gasteiger partial charge in [-0.1, -0.05) is 5.16 Å². The third-order valence-electron chi connectivity index (χ3n) is 1.47. The van der Waals surface area contributed by atoms with Crippen LogP contribution in [0.1, 0.15) is 5.56 Å². The second-order valence-corrected chi connectivity index (χ2v) is 2.59. The van der Waals surface area contributed by atoms with Crippen LogP contribution in [-0.4, -0.2) is 35.7 Å². The summed E-state index contributed by atoms with van der Waals surface area (Å²) in [6.07, 6.45) is 4.44. The van der Waals surface area contributed by atoms with Crippen molar-refractivity contribution in [2.45, 2.75) is 0 Å². The van der Waals surface area contributed by atoms with Crippen LogP contribution < -0.4 is 5.73 Å². The number of hydroxylamine groups is 2. The Bertz CT molecular complexity index is 323. The van der Waals surface area contributed by atoms with Gasteiger partial charge in [0.1, 0.15) is 6.61 Å². The number of hydrogen-bond donors (Lipinski definition) is 2. The van der Waals surface area contributed by atoms with Crippen LogP contribution in [0.15, 0.2) is 28.2 Å². The van der Waals surface area contributed by atoms with Gasteiger partial charge in [-0.2, -0.15) is 0 Å². The van der Waals surface area contributed by atoms with Crippen LogP contribution in [0.2, 0.25) is 0 Å². The first-order valence-electron chi connectivity index (χ1n) is 4.13. The Balaban J connectivity index is 2.14. The normalized spacial score (nSPS) is 10.5. The lowest BCUT2D eigenvalue weighted by Gasteiger charge is -2.09. The van der Waals surface area contributed by atoms with Crippen LogP contribution in [-0.2, 0) is 4.84 Å². The zero-order valence-electron chi connectivity index (χ0n) is 7.87. The van der Waals surface area contributed by atoms with Crippen LogP contribution in [0, 0.1) is 0 Å². The minimum absolute atomic E-state index is 0.0436. The van der Waals surface area contributed by atoms with Gasteiger partial charge in [0, 0.05) is 5.56 Å². The quantitative estimate of drug-likeness (QED) is 0.320. The fourth-order valence-electron chi connectivity index (χ4n) is 0.737. The lowest BCUT2D eigenvalue weighted by Crippen LogP contribution is -2.34. The van der Waals surface area contributed by atoms with Crippen molar-refractivity contribution in [3.63, 3.8) is 0 Å². The number of urea groups is 1. The Morgan fingerprint density at radius 3 is 3.20 bits per heavy atom. The van der Waals surface area contributed by atoms with Crippen molar-refractivity contribution in [3.05, 3.63) is 24.2 Å². The van der Waals surface area contributed by atoms with E-state index in [0.717, 1.165) is 5.56 Å². The molecule has 1 aromatic rings. The topological polar surface area (TPSA) is 101 Å². The van der Waals surface area contributed by atoms with Gasteiger partial charge in [-0.15, -0.1) is 0 Å². The molecule has 7 heteroatoms. The predicted octanol–water partition coefficient (Wildman–Crippen LogP) is 0.400. The van der Waals surface area contributed by atoms with Crippen LogP contribution in [0.3, 0.4) is 0 Å². The molecule has 1 aromatic heterocycles. The van der Waals surface area contributed by atoms with Crippen molar-refractivity contribution in [2.24, 2.45) is 10.9 Å². The molecule has 82 valence electrons. The van der Waals surface area contributed by atoms with E-state index in [1.54, 1.807) is 6.07 Å². The largest absolute Gasteiger partial charge is 0.472 e. The van der Waals surface area contributed by atoms with Gasteiger partial charge in [0.05, 0.1) is 25.3 Å². The Hall–Kier alpha value is -2.02. The summed E-state index contributed by atoms with van der Waals surface area (Å²) in [4.78, 5) is 15.1.